The van der Waals surface area contributed by atoms with Crippen molar-refractivity contribution in [3.8, 4) is 5.75 Å². The first-order valence-electron chi connectivity index (χ1n) is 5.74. The first kappa shape index (κ1) is 14.6. The number of halogens is 3. The number of nitrogen functional groups attached to an aromatic ring is 1. The Morgan fingerprint density at radius 3 is 2.71 bits per heavy atom. The zero-order valence-electron chi connectivity index (χ0n) is 10.5. The molecule has 0 bridgehead atoms. The number of carbonyl (C=O) groups excluding carboxylic acids is 1. The van der Waals surface area contributed by atoms with E-state index in [2.05, 4.69) is 15.0 Å². The van der Waals surface area contributed by atoms with Crippen LogP contribution in [0.15, 0.2) is 36.5 Å². The second-order valence-electron chi connectivity index (χ2n) is 3.89. The third-order valence-electron chi connectivity index (χ3n) is 2.51. The summed E-state index contributed by atoms with van der Waals surface area (Å²) in [7, 11) is 0. The van der Waals surface area contributed by atoms with Crippen molar-refractivity contribution in [1.29, 1.82) is 0 Å². The van der Waals surface area contributed by atoms with Crippen LogP contribution in [0.2, 0.25) is 0 Å². The van der Waals surface area contributed by atoms with Crippen LogP contribution in [0.1, 0.15) is 10.4 Å². The van der Waals surface area contributed by atoms with Crippen LogP contribution in [0.3, 0.4) is 0 Å². The molecule has 0 saturated heterocycles. The summed E-state index contributed by atoms with van der Waals surface area (Å²) in [5.41, 5.74) is 4.89. The zero-order chi connectivity index (χ0) is 15.4. The highest BCUT2D eigenvalue weighted by Gasteiger charge is 2.17. The van der Waals surface area contributed by atoms with E-state index in [0.29, 0.717) is 0 Å². The fourth-order valence-corrected chi connectivity index (χ4v) is 1.59. The van der Waals surface area contributed by atoms with Gasteiger partial charge in [0.05, 0.1) is 11.3 Å². The lowest BCUT2D eigenvalue weighted by molar-refractivity contribution is -0.0493. The van der Waals surface area contributed by atoms with Gasteiger partial charge in [0.2, 0.25) is 0 Å². The molecular weight excluding hydrogens is 287 g/mol. The summed E-state index contributed by atoms with van der Waals surface area (Å²) in [6.07, 6.45) is 1.16. The number of carbonyl (C=O) groups is 1. The van der Waals surface area contributed by atoms with Crippen molar-refractivity contribution in [2.24, 2.45) is 0 Å². The van der Waals surface area contributed by atoms with Gasteiger partial charge in [0.1, 0.15) is 5.75 Å². The number of anilines is 2. The number of aromatic nitrogens is 1. The number of hydrogen-bond donors (Lipinski definition) is 2. The molecular formula is C13H10F3N3O2. The maximum atomic E-state index is 13.7. The molecule has 0 aliphatic rings. The quantitative estimate of drug-likeness (QED) is 0.909. The van der Waals surface area contributed by atoms with Crippen LogP contribution in [-0.2, 0) is 0 Å². The Labute approximate surface area is 117 Å². The summed E-state index contributed by atoms with van der Waals surface area (Å²) in [6.45, 7) is -3.05. The van der Waals surface area contributed by atoms with E-state index in [0.717, 1.165) is 12.3 Å². The predicted molar refractivity (Wildman–Crippen MR) is 69.6 cm³/mol. The number of alkyl halides is 2. The van der Waals surface area contributed by atoms with Gasteiger partial charge in [-0.15, -0.1) is 0 Å². The number of benzene rings is 1. The van der Waals surface area contributed by atoms with Crippen LogP contribution >= 0.6 is 0 Å². The lowest BCUT2D eigenvalue weighted by Gasteiger charge is -2.12. The molecule has 0 aliphatic carbocycles. The van der Waals surface area contributed by atoms with Crippen molar-refractivity contribution in [1.82, 2.24) is 4.98 Å². The summed E-state index contributed by atoms with van der Waals surface area (Å²) >= 11 is 0. The van der Waals surface area contributed by atoms with E-state index in [1.54, 1.807) is 0 Å². The lowest BCUT2D eigenvalue weighted by Crippen LogP contribution is -2.16. The van der Waals surface area contributed by atoms with Crippen molar-refractivity contribution in [3.63, 3.8) is 0 Å². The summed E-state index contributed by atoms with van der Waals surface area (Å²) < 4.78 is 42.4. The van der Waals surface area contributed by atoms with E-state index < -0.39 is 24.2 Å². The number of rotatable bonds is 4. The number of nitrogens with one attached hydrogen (secondary N) is 1. The molecule has 0 spiro atoms. The Bertz CT molecular complexity index is 665. The largest absolute Gasteiger partial charge is 0.433 e. The highest BCUT2D eigenvalue weighted by Crippen LogP contribution is 2.26. The van der Waals surface area contributed by atoms with Crippen LogP contribution < -0.4 is 15.8 Å². The van der Waals surface area contributed by atoms with E-state index in [4.69, 9.17) is 5.73 Å². The Hall–Kier alpha value is -2.77. The van der Waals surface area contributed by atoms with Crippen molar-refractivity contribution in [2.75, 3.05) is 11.1 Å². The molecule has 1 heterocycles. The molecule has 1 aromatic carbocycles. The fourth-order valence-electron chi connectivity index (χ4n) is 1.59. The van der Waals surface area contributed by atoms with Gasteiger partial charge in [-0.3, -0.25) is 4.79 Å². The molecule has 1 amide bonds. The highest BCUT2D eigenvalue weighted by atomic mass is 19.3. The molecule has 0 unspecified atom stereocenters. The van der Waals surface area contributed by atoms with Crippen molar-refractivity contribution in [3.05, 3.63) is 47.9 Å². The molecule has 0 saturated carbocycles. The van der Waals surface area contributed by atoms with E-state index in [1.807, 2.05) is 0 Å². The minimum Gasteiger partial charge on any atom is -0.433 e. The second-order valence-corrected chi connectivity index (χ2v) is 3.89. The van der Waals surface area contributed by atoms with E-state index in [9.17, 15) is 18.0 Å². The molecule has 0 radical (unpaired) electrons. The van der Waals surface area contributed by atoms with Crippen LogP contribution in [-0.4, -0.2) is 17.5 Å². The predicted octanol–water partition coefficient (Wildman–Crippen LogP) is 2.66. The van der Waals surface area contributed by atoms with Gasteiger partial charge in [0, 0.05) is 6.20 Å². The van der Waals surface area contributed by atoms with Crippen LogP contribution in [0, 0.1) is 5.82 Å². The molecule has 2 aromatic rings. The normalized spacial score (nSPS) is 10.5. The topological polar surface area (TPSA) is 77.2 Å². The van der Waals surface area contributed by atoms with Gasteiger partial charge in [0.15, 0.2) is 11.6 Å². The zero-order valence-corrected chi connectivity index (χ0v) is 10.5. The van der Waals surface area contributed by atoms with E-state index in [1.165, 1.54) is 24.3 Å². The molecule has 21 heavy (non-hydrogen) atoms. The van der Waals surface area contributed by atoms with E-state index in [-0.39, 0.29) is 17.0 Å². The lowest BCUT2D eigenvalue weighted by atomic mass is 10.2. The Morgan fingerprint density at radius 1 is 1.29 bits per heavy atom. The van der Waals surface area contributed by atoms with Gasteiger partial charge in [0.25, 0.3) is 5.91 Å². The molecule has 5 nitrogen and oxygen atoms in total. The van der Waals surface area contributed by atoms with Crippen LogP contribution in [0.5, 0.6) is 5.75 Å². The SMILES string of the molecule is Nc1nccc(C(=O)Nc2ccccc2OC(F)F)c1F. The number of para-hydroxylation sites is 2. The number of hydrogen-bond acceptors (Lipinski definition) is 4. The Morgan fingerprint density at radius 2 is 2.00 bits per heavy atom. The number of nitrogens with two attached hydrogens (primary N) is 1. The van der Waals surface area contributed by atoms with Crippen molar-refractivity contribution < 1.29 is 22.7 Å². The second kappa shape index (κ2) is 6.12. The van der Waals surface area contributed by atoms with Gasteiger partial charge in [-0.1, -0.05) is 12.1 Å². The minimum atomic E-state index is -3.05. The van der Waals surface area contributed by atoms with Gasteiger partial charge < -0.3 is 15.8 Å². The first-order valence-corrected chi connectivity index (χ1v) is 5.74. The standard InChI is InChI=1S/C13H10F3N3O2/c14-10-7(5-6-18-11(10)17)12(20)19-8-3-1-2-4-9(8)21-13(15)16/h1-6,13H,(H2,17,18)(H,19,20). The van der Waals surface area contributed by atoms with Crippen molar-refractivity contribution in [2.45, 2.75) is 6.61 Å². The monoisotopic (exact) mass is 297 g/mol. The van der Waals surface area contributed by atoms with Crippen molar-refractivity contribution >= 4 is 17.4 Å². The molecule has 0 fully saturated rings. The Balaban J connectivity index is 2.26. The Kier molecular flexibility index (Phi) is 4.27. The molecule has 0 atom stereocenters. The minimum absolute atomic E-state index is 0.0161. The molecule has 1 aromatic heterocycles. The average Bonchev–Trinajstić information content (AvgIpc) is 2.43. The molecule has 3 N–H and O–H groups in total. The number of nitrogens with zero attached hydrogens (tertiary/aromatic N) is 1. The van der Waals surface area contributed by atoms with Gasteiger partial charge in [-0.25, -0.2) is 9.37 Å². The van der Waals surface area contributed by atoms with E-state index >= 15 is 0 Å². The maximum Gasteiger partial charge on any atom is 0.387 e. The third-order valence-corrected chi connectivity index (χ3v) is 2.51. The summed E-state index contributed by atoms with van der Waals surface area (Å²) in [6, 6.07) is 6.68. The molecule has 110 valence electrons. The van der Waals surface area contributed by atoms with Gasteiger partial charge >= 0.3 is 6.61 Å². The highest BCUT2D eigenvalue weighted by molar-refractivity contribution is 6.05. The molecule has 2 rings (SSSR count). The summed E-state index contributed by atoms with van der Waals surface area (Å²) in [4.78, 5) is 15.4. The third kappa shape index (κ3) is 3.41. The average molecular weight is 297 g/mol. The summed E-state index contributed by atoms with van der Waals surface area (Å²) in [5.74, 6) is -2.50. The maximum absolute atomic E-state index is 13.7. The van der Waals surface area contributed by atoms with Crippen LogP contribution in [0.25, 0.3) is 0 Å². The summed E-state index contributed by atoms with van der Waals surface area (Å²) in [5, 5.41) is 2.28. The fraction of sp³-hybridized carbons (Fsp3) is 0.0769. The molecule has 0 aliphatic heterocycles. The number of pyridine rings is 1. The van der Waals surface area contributed by atoms with Gasteiger partial charge in [-0.2, -0.15) is 8.78 Å². The van der Waals surface area contributed by atoms with Gasteiger partial charge in [-0.05, 0) is 18.2 Å². The smallest absolute Gasteiger partial charge is 0.387 e. The number of amides is 1. The first-order chi connectivity index (χ1) is 9.99. The molecule has 8 heteroatoms. The number of ether oxygens (including phenoxy) is 1. The van der Waals surface area contributed by atoms with Crippen LogP contribution in [0.4, 0.5) is 24.7 Å².